The third-order valence-electron chi connectivity index (χ3n) is 8.81. The van der Waals surface area contributed by atoms with Gasteiger partial charge in [-0.25, -0.2) is 8.93 Å². The Morgan fingerprint density at radius 1 is 1.20 bits per heavy atom. The number of hydrogen-bond acceptors (Lipinski definition) is 5. The Morgan fingerprint density at radius 2 is 2.05 bits per heavy atom. The molecule has 2 N–H and O–H groups in total. The summed E-state index contributed by atoms with van der Waals surface area (Å²) in [5.74, 6) is 2.96. The van der Waals surface area contributed by atoms with Crippen molar-refractivity contribution in [3.63, 3.8) is 0 Å². The largest absolute Gasteiger partial charge is 0.491 e. The van der Waals surface area contributed by atoms with Crippen LogP contribution in [0.3, 0.4) is 0 Å². The Hall–Kier alpha value is -1.93. The van der Waals surface area contributed by atoms with Gasteiger partial charge in [0.25, 0.3) is 0 Å². The van der Waals surface area contributed by atoms with Crippen LogP contribution in [0.4, 0.5) is 5.69 Å². The molecule has 0 radical (unpaired) electrons. The summed E-state index contributed by atoms with van der Waals surface area (Å²) in [6, 6.07) is 12.0. The lowest BCUT2D eigenvalue weighted by molar-refractivity contribution is 0.0581. The number of benzene rings is 2. The molecule has 40 heavy (non-hydrogen) atoms. The predicted molar refractivity (Wildman–Crippen MR) is 165 cm³/mol. The summed E-state index contributed by atoms with van der Waals surface area (Å²) in [4.78, 5) is 14.1. The molecule has 2 aromatic rings. The Balaban J connectivity index is 1.49. The number of nitrogens with zero attached hydrogens (tertiary/aromatic N) is 1. The van der Waals surface area contributed by atoms with Crippen LogP contribution in [0, 0.1) is 17.8 Å². The maximum atomic E-state index is 11.7. The molecule has 0 spiro atoms. The summed E-state index contributed by atoms with van der Waals surface area (Å²) in [5.41, 5.74) is 4.21. The number of nitrogens with one attached hydrogen (secondary N) is 1. The van der Waals surface area contributed by atoms with E-state index in [-0.39, 0.29) is 12.5 Å². The van der Waals surface area contributed by atoms with Gasteiger partial charge in [-0.3, -0.25) is 4.79 Å². The van der Waals surface area contributed by atoms with Crippen molar-refractivity contribution in [2.75, 3.05) is 44.0 Å². The fraction of sp³-hybridized carbons (Fsp3) is 0.594. The third-order valence-corrected chi connectivity index (χ3v) is 10.2. The number of hydrogen-bond donors (Lipinski definition) is 2. The van der Waals surface area contributed by atoms with E-state index in [4.69, 9.17) is 16.3 Å². The van der Waals surface area contributed by atoms with Crippen LogP contribution in [0.5, 0.6) is 5.75 Å². The van der Waals surface area contributed by atoms with Crippen molar-refractivity contribution in [2.45, 2.75) is 64.2 Å². The van der Waals surface area contributed by atoms with Crippen LogP contribution in [0.15, 0.2) is 36.4 Å². The van der Waals surface area contributed by atoms with Crippen LogP contribution in [0.1, 0.15) is 79.3 Å². The topological polar surface area (TPSA) is 78.9 Å². The molecule has 8 heteroatoms. The van der Waals surface area contributed by atoms with Gasteiger partial charge in [-0.1, -0.05) is 43.9 Å². The number of fused-ring (bicyclic) bond motifs is 1. The molecule has 0 amide bonds. The molecule has 5 atom stereocenters. The van der Waals surface area contributed by atoms with Crippen LogP contribution in [0.2, 0.25) is 5.02 Å². The van der Waals surface area contributed by atoms with E-state index >= 15 is 0 Å². The molecule has 5 unspecified atom stereocenters. The maximum Gasteiger partial charge on any atom is 0.150 e. The van der Waals surface area contributed by atoms with Crippen molar-refractivity contribution in [3.05, 3.63) is 58.1 Å². The van der Waals surface area contributed by atoms with Crippen molar-refractivity contribution < 1.29 is 18.8 Å². The van der Waals surface area contributed by atoms with Crippen molar-refractivity contribution in [3.8, 4) is 5.75 Å². The van der Waals surface area contributed by atoms with Crippen LogP contribution in [-0.2, 0) is 17.4 Å². The summed E-state index contributed by atoms with van der Waals surface area (Å²) in [6.07, 6.45) is 9.26. The van der Waals surface area contributed by atoms with E-state index in [1.54, 1.807) is 7.05 Å². The fourth-order valence-electron chi connectivity index (χ4n) is 6.49. The summed E-state index contributed by atoms with van der Waals surface area (Å²) in [5, 5.41) is 11.1. The molecule has 1 fully saturated rings. The average molecular weight is 589 g/mol. The smallest absolute Gasteiger partial charge is 0.150 e. The number of aliphatic hydroxyl groups is 1. The van der Waals surface area contributed by atoms with Gasteiger partial charge in [0.15, 0.2) is 0 Å². The predicted octanol–water partition coefficient (Wildman–Crippen LogP) is 6.17. The van der Waals surface area contributed by atoms with E-state index in [2.05, 4.69) is 28.7 Å². The normalized spacial score (nSPS) is 22.0. The highest BCUT2D eigenvalue weighted by molar-refractivity contribution is 7.82. The van der Waals surface area contributed by atoms with Gasteiger partial charge in [-0.15, -0.1) is 0 Å². The summed E-state index contributed by atoms with van der Waals surface area (Å²) < 4.78 is 20.8. The Morgan fingerprint density at radius 3 is 2.75 bits per heavy atom. The number of carbonyl (C=O) groups is 1. The second-order valence-corrected chi connectivity index (χ2v) is 13.3. The van der Waals surface area contributed by atoms with Crippen molar-refractivity contribution >= 4 is 34.6 Å². The van der Waals surface area contributed by atoms with E-state index in [1.165, 1.54) is 11.1 Å². The molecular formula is C32H45ClN2O4S. The van der Waals surface area contributed by atoms with Gasteiger partial charge in [0.1, 0.15) is 12.0 Å². The van der Waals surface area contributed by atoms with Crippen molar-refractivity contribution in [1.82, 2.24) is 4.72 Å². The van der Waals surface area contributed by atoms with Crippen LogP contribution < -0.4 is 14.4 Å². The van der Waals surface area contributed by atoms with E-state index < -0.39 is 11.0 Å². The molecule has 2 aromatic carbocycles. The minimum Gasteiger partial charge on any atom is -0.491 e. The van der Waals surface area contributed by atoms with Gasteiger partial charge in [0, 0.05) is 42.0 Å². The molecule has 1 heterocycles. The second kappa shape index (κ2) is 15.3. The molecular weight excluding hydrogens is 544 g/mol. The molecule has 1 aliphatic heterocycles. The molecule has 220 valence electrons. The summed E-state index contributed by atoms with van der Waals surface area (Å²) in [7, 11) is 0.788. The monoisotopic (exact) mass is 588 g/mol. The molecule has 4 rings (SSSR count). The Kier molecular flexibility index (Phi) is 11.9. The van der Waals surface area contributed by atoms with E-state index in [9.17, 15) is 14.1 Å². The van der Waals surface area contributed by atoms with Gasteiger partial charge in [0.05, 0.1) is 23.3 Å². The first kappa shape index (κ1) is 31.0. The first-order valence-corrected chi connectivity index (χ1v) is 16.6. The highest BCUT2D eigenvalue weighted by atomic mass is 35.5. The van der Waals surface area contributed by atoms with Crippen LogP contribution in [0.25, 0.3) is 0 Å². The Labute approximate surface area is 247 Å². The van der Waals surface area contributed by atoms with Crippen molar-refractivity contribution in [1.29, 1.82) is 0 Å². The number of aldehydes is 1. The number of aliphatic hydroxyl groups excluding tert-OH is 1. The Bertz CT molecular complexity index is 1150. The standard InChI is InChI=1S/C32H45ClN2O4S/c1-3-7-24-17-28(33)11-13-29(24)27-19-35(31-16-23(20-36)9-14-32(31)39-22-27)18-25-10-12-30(25)26(21-37)8-5-4-6-15-40(38)34-2/h9,11,13-14,16-17,20,25-27,30,34,37H,3-8,10,12,15,18-19,21-22H2,1-2H3. The summed E-state index contributed by atoms with van der Waals surface area (Å²) >= 11 is 6.38. The first-order valence-electron chi connectivity index (χ1n) is 14.9. The van der Waals surface area contributed by atoms with E-state index in [1.807, 2.05) is 24.3 Å². The van der Waals surface area contributed by atoms with Crippen LogP contribution in [-0.4, -0.2) is 54.7 Å². The van der Waals surface area contributed by atoms with Gasteiger partial charge >= 0.3 is 0 Å². The lowest BCUT2D eigenvalue weighted by Gasteiger charge is -2.44. The number of carbonyl (C=O) groups excluding carboxylic acids is 1. The molecule has 0 bridgehead atoms. The average Bonchev–Trinajstić information content (AvgIpc) is 3.13. The number of rotatable bonds is 15. The fourth-order valence-corrected chi connectivity index (χ4v) is 7.35. The van der Waals surface area contributed by atoms with Gasteiger partial charge in [-0.2, -0.15) is 0 Å². The minimum atomic E-state index is -0.939. The van der Waals surface area contributed by atoms with E-state index in [0.717, 1.165) is 87.2 Å². The first-order chi connectivity index (χ1) is 19.5. The molecule has 1 aliphatic carbocycles. The number of unbranched alkanes of at least 4 members (excludes halogenated alkanes) is 2. The number of halogens is 1. The van der Waals surface area contributed by atoms with Gasteiger partial charge in [0.2, 0.25) is 0 Å². The minimum absolute atomic E-state index is 0.182. The maximum absolute atomic E-state index is 11.7. The summed E-state index contributed by atoms with van der Waals surface area (Å²) in [6.45, 7) is 4.67. The number of aryl methyl sites for hydroxylation is 1. The van der Waals surface area contributed by atoms with Crippen molar-refractivity contribution in [2.24, 2.45) is 17.8 Å². The van der Waals surface area contributed by atoms with E-state index in [0.29, 0.717) is 35.7 Å². The lowest BCUT2D eigenvalue weighted by atomic mass is 9.65. The molecule has 0 saturated heterocycles. The quantitative estimate of drug-likeness (QED) is 0.192. The highest BCUT2D eigenvalue weighted by Gasteiger charge is 2.38. The third kappa shape index (κ3) is 7.87. The molecule has 0 aromatic heterocycles. The van der Waals surface area contributed by atoms with Crippen LogP contribution >= 0.6 is 11.6 Å². The zero-order valence-electron chi connectivity index (χ0n) is 23.9. The SMILES string of the molecule is CCCc1cc(Cl)ccc1C1COc2ccc(C=O)cc2N(CC2CCC2C(CO)CCCCCS(=O)NC)C1. The highest BCUT2D eigenvalue weighted by Crippen LogP contribution is 2.44. The number of anilines is 1. The lowest BCUT2D eigenvalue weighted by Crippen LogP contribution is -2.43. The zero-order chi connectivity index (χ0) is 28.5. The number of ether oxygens (including phenoxy) is 1. The molecule has 2 aliphatic rings. The molecule has 6 nitrogen and oxygen atoms in total. The van der Waals surface area contributed by atoms with Gasteiger partial charge in [-0.05, 0) is 98.4 Å². The zero-order valence-corrected chi connectivity index (χ0v) is 25.5. The second-order valence-electron chi connectivity index (χ2n) is 11.4. The van der Waals surface area contributed by atoms with Gasteiger partial charge < -0.3 is 14.7 Å². The molecule has 1 saturated carbocycles.